The van der Waals surface area contributed by atoms with Crippen LogP contribution in [0.25, 0.3) is 0 Å². The normalized spacial score (nSPS) is 12.7. The maximum atomic E-state index is 2.55. The SMILES string of the molecule is C/C=C/Cc1cc([B-](c2ccccc2)(c2ccccc2)c2ccccc2)cc(C(C)(C)C)c1C(C)(C)C. The van der Waals surface area contributed by atoms with Crippen LogP contribution in [0.3, 0.4) is 0 Å². The second-order valence-corrected chi connectivity index (χ2v) is 12.5. The van der Waals surface area contributed by atoms with Crippen LogP contribution in [-0.2, 0) is 17.3 Å². The minimum absolute atomic E-state index is 0.00911. The Morgan fingerprint density at radius 1 is 0.568 bits per heavy atom. The molecule has 0 saturated heterocycles. The minimum Gasteiger partial charge on any atom is -0.195 e. The Hall–Kier alpha value is -3.32. The van der Waals surface area contributed by atoms with Gasteiger partial charge < -0.3 is 0 Å². The van der Waals surface area contributed by atoms with Gasteiger partial charge in [-0.1, -0.05) is 157 Å². The molecule has 37 heavy (non-hydrogen) atoms. The molecule has 0 atom stereocenters. The summed E-state index contributed by atoms with van der Waals surface area (Å²) in [5.74, 6) is 0. The van der Waals surface area contributed by atoms with Gasteiger partial charge in [-0.2, -0.15) is 21.9 Å². The fraction of sp³-hybridized carbons (Fsp3) is 0.278. The Labute approximate surface area is 225 Å². The van der Waals surface area contributed by atoms with E-state index in [4.69, 9.17) is 0 Å². The van der Waals surface area contributed by atoms with Gasteiger partial charge in [0.2, 0.25) is 0 Å². The van der Waals surface area contributed by atoms with Crippen molar-refractivity contribution < 1.29 is 0 Å². The van der Waals surface area contributed by atoms with Crippen molar-refractivity contribution in [2.75, 3.05) is 0 Å². The second kappa shape index (κ2) is 10.6. The van der Waals surface area contributed by atoms with E-state index in [0.717, 1.165) is 6.42 Å². The van der Waals surface area contributed by atoms with E-state index in [1.165, 1.54) is 38.5 Å². The van der Waals surface area contributed by atoms with E-state index in [1.807, 2.05) is 0 Å². The van der Waals surface area contributed by atoms with Crippen LogP contribution in [0.5, 0.6) is 0 Å². The highest BCUT2D eigenvalue weighted by atomic mass is 14.3. The summed E-state index contributed by atoms with van der Waals surface area (Å²) in [5, 5.41) is 0. The van der Waals surface area contributed by atoms with Crippen LogP contribution in [0.2, 0.25) is 0 Å². The summed E-state index contributed by atoms with van der Waals surface area (Å²) in [5.41, 5.74) is 9.85. The van der Waals surface area contributed by atoms with Crippen molar-refractivity contribution in [2.45, 2.75) is 65.7 Å². The quantitative estimate of drug-likeness (QED) is 0.209. The molecule has 4 aromatic carbocycles. The average molecular weight is 486 g/mol. The monoisotopic (exact) mass is 485 g/mol. The van der Waals surface area contributed by atoms with Gasteiger partial charge in [0.15, 0.2) is 0 Å². The number of rotatable bonds is 6. The Morgan fingerprint density at radius 3 is 1.35 bits per heavy atom. The summed E-state index contributed by atoms with van der Waals surface area (Å²) < 4.78 is 0. The predicted octanol–water partition coefficient (Wildman–Crippen LogP) is 6.78. The average Bonchev–Trinajstić information content (AvgIpc) is 2.88. The summed E-state index contributed by atoms with van der Waals surface area (Å²) in [7, 11) is 0. The van der Waals surface area contributed by atoms with Gasteiger partial charge in [0.05, 0.1) is 0 Å². The molecule has 0 unspecified atom stereocenters. The molecule has 0 aliphatic heterocycles. The summed E-state index contributed by atoms with van der Waals surface area (Å²) in [6.45, 7) is 16.3. The van der Waals surface area contributed by atoms with Gasteiger partial charge in [0.25, 0.3) is 0 Å². The third kappa shape index (κ3) is 5.23. The predicted molar refractivity (Wildman–Crippen MR) is 166 cm³/mol. The topological polar surface area (TPSA) is 0 Å². The van der Waals surface area contributed by atoms with E-state index in [9.17, 15) is 0 Å². The van der Waals surface area contributed by atoms with E-state index < -0.39 is 6.15 Å². The number of benzene rings is 4. The maximum Gasteiger partial charge on any atom is 0.108 e. The molecular weight excluding hydrogens is 443 g/mol. The van der Waals surface area contributed by atoms with Crippen molar-refractivity contribution >= 4 is 28.0 Å². The van der Waals surface area contributed by atoms with Gasteiger partial charge in [-0.3, -0.25) is 0 Å². The molecule has 0 radical (unpaired) electrons. The van der Waals surface area contributed by atoms with Crippen molar-refractivity contribution in [3.63, 3.8) is 0 Å². The van der Waals surface area contributed by atoms with Crippen molar-refractivity contribution in [1.29, 1.82) is 0 Å². The van der Waals surface area contributed by atoms with Crippen LogP contribution in [-0.4, -0.2) is 6.15 Å². The molecule has 0 N–H and O–H groups in total. The molecule has 0 heterocycles. The van der Waals surface area contributed by atoms with Crippen LogP contribution >= 0.6 is 0 Å². The lowest BCUT2D eigenvalue weighted by molar-refractivity contribution is 0.526. The maximum absolute atomic E-state index is 2.55. The molecular formula is C36H42B-. The highest BCUT2D eigenvalue weighted by Gasteiger charge is 2.35. The van der Waals surface area contributed by atoms with Crippen molar-refractivity contribution in [2.24, 2.45) is 0 Å². The molecule has 0 amide bonds. The van der Waals surface area contributed by atoms with Crippen molar-refractivity contribution in [1.82, 2.24) is 0 Å². The zero-order valence-corrected chi connectivity index (χ0v) is 23.8. The van der Waals surface area contributed by atoms with Crippen molar-refractivity contribution in [3.05, 3.63) is 132 Å². The fourth-order valence-corrected chi connectivity index (χ4v) is 6.24. The molecule has 0 nitrogen and oxygen atoms in total. The molecule has 4 rings (SSSR count). The van der Waals surface area contributed by atoms with Gasteiger partial charge >= 0.3 is 0 Å². The van der Waals surface area contributed by atoms with Crippen LogP contribution in [0.1, 0.15) is 65.2 Å². The Morgan fingerprint density at radius 2 is 1.00 bits per heavy atom. The Balaban J connectivity index is 2.23. The summed E-state index contributed by atoms with van der Waals surface area (Å²) in [6.07, 6.45) is 4.02. The Bertz CT molecular complexity index is 1240. The van der Waals surface area contributed by atoms with Gasteiger partial charge in [0, 0.05) is 0 Å². The first-order chi connectivity index (χ1) is 17.6. The molecule has 0 spiro atoms. The van der Waals surface area contributed by atoms with Crippen molar-refractivity contribution in [3.8, 4) is 0 Å². The zero-order chi connectivity index (χ0) is 26.7. The van der Waals surface area contributed by atoms with Crippen LogP contribution in [0, 0.1) is 0 Å². The van der Waals surface area contributed by atoms with E-state index in [1.54, 1.807) is 0 Å². The van der Waals surface area contributed by atoms with E-state index in [-0.39, 0.29) is 10.8 Å². The molecule has 1 heteroatoms. The van der Waals surface area contributed by atoms with Gasteiger partial charge in [-0.25, -0.2) is 0 Å². The second-order valence-electron chi connectivity index (χ2n) is 12.5. The highest BCUT2D eigenvalue weighted by Crippen LogP contribution is 2.36. The smallest absolute Gasteiger partial charge is 0.108 e. The van der Waals surface area contributed by atoms with Gasteiger partial charge in [-0.05, 0) is 40.9 Å². The molecule has 0 aliphatic carbocycles. The number of hydrogen-bond donors (Lipinski definition) is 0. The highest BCUT2D eigenvalue weighted by molar-refractivity contribution is 7.19. The van der Waals surface area contributed by atoms with Crippen LogP contribution in [0.4, 0.5) is 0 Å². The third-order valence-corrected chi connectivity index (χ3v) is 7.77. The molecule has 0 saturated carbocycles. The molecule has 0 aromatic heterocycles. The first-order valence-corrected chi connectivity index (χ1v) is 13.7. The molecule has 0 bridgehead atoms. The molecule has 190 valence electrons. The van der Waals surface area contributed by atoms with E-state index >= 15 is 0 Å². The first kappa shape index (κ1) is 26.7. The number of allylic oxidation sites excluding steroid dienone is 2. The standard InChI is InChI=1S/C36H42B/c1-8-9-19-28-26-32(27-33(35(2,3)4)34(28)36(5,6)7)37(29-20-13-10-14-21-29,30-22-15-11-16-23-30)31-24-17-12-18-25-31/h8-18,20-27H,19H2,1-7H3/q-1/b9-8+. The molecule has 4 aromatic rings. The first-order valence-electron chi connectivity index (χ1n) is 13.7. The third-order valence-electron chi connectivity index (χ3n) is 7.77. The minimum atomic E-state index is -1.41. The zero-order valence-electron chi connectivity index (χ0n) is 23.8. The lowest BCUT2D eigenvalue weighted by Crippen LogP contribution is -2.75. The Kier molecular flexibility index (Phi) is 7.65. The summed E-state index contributed by atoms with van der Waals surface area (Å²) in [6, 6.07) is 38.5. The lowest BCUT2D eigenvalue weighted by atomic mass is 9.13. The van der Waals surface area contributed by atoms with E-state index in [2.05, 4.69) is 164 Å². The lowest BCUT2D eigenvalue weighted by Gasteiger charge is -2.46. The summed E-state index contributed by atoms with van der Waals surface area (Å²) in [4.78, 5) is 0. The van der Waals surface area contributed by atoms with Gasteiger partial charge in [-0.15, -0.1) is 0 Å². The number of hydrogen-bond acceptors (Lipinski definition) is 0. The van der Waals surface area contributed by atoms with Crippen LogP contribution < -0.4 is 21.9 Å². The fourth-order valence-electron chi connectivity index (χ4n) is 6.24. The van der Waals surface area contributed by atoms with Gasteiger partial charge in [0.1, 0.15) is 6.15 Å². The molecule has 0 fully saturated rings. The molecule has 0 aliphatic rings. The largest absolute Gasteiger partial charge is 0.195 e. The summed E-state index contributed by atoms with van der Waals surface area (Å²) >= 11 is 0. The van der Waals surface area contributed by atoms with Crippen LogP contribution in [0.15, 0.2) is 115 Å². The van der Waals surface area contributed by atoms with E-state index in [0.29, 0.717) is 0 Å².